The van der Waals surface area contributed by atoms with Crippen molar-refractivity contribution in [2.75, 3.05) is 6.54 Å². The standard InChI is InChI=1S/C21H23ClN4O2/c1-2-19-23-8-10-25(19)14-20(27)26-9-4-7-18(26)21-24-13-17(28-21)12-15-5-3-6-16(22)11-15/h3,5-6,8,10-11,13,18H,2,4,7,9,12,14H2,1H3/t18-/m1/s1. The van der Waals surface area contributed by atoms with Crippen molar-refractivity contribution < 1.29 is 9.21 Å². The highest BCUT2D eigenvalue weighted by Gasteiger charge is 2.33. The first kappa shape index (κ1) is 18.7. The van der Waals surface area contributed by atoms with Crippen molar-refractivity contribution in [3.05, 3.63) is 70.9 Å². The summed E-state index contributed by atoms with van der Waals surface area (Å²) in [6.07, 6.45) is 8.60. The number of aryl methyl sites for hydroxylation is 1. The molecular formula is C21H23ClN4O2. The molecule has 7 heteroatoms. The Balaban J connectivity index is 1.46. The number of carbonyl (C=O) groups excluding carboxylic acids is 1. The number of imidazole rings is 1. The molecule has 0 N–H and O–H groups in total. The normalized spacial score (nSPS) is 16.6. The van der Waals surface area contributed by atoms with Gasteiger partial charge in [0.25, 0.3) is 0 Å². The fourth-order valence-corrected chi connectivity index (χ4v) is 3.98. The Morgan fingerprint density at radius 1 is 1.36 bits per heavy atom. The Labute approximate surface area is 169 Å². The molecule has 1 fully saturated rings. The van der Waals surface area contributed by atoms with Gasteiger partial charge in [-0.1, -0.05) is 30.7 Å². The van der Waals surface area contributed by atoms with Crippen LogP contribution in [0.2, 0.25) is 5.02 Å². The molecule has 1 aliphatic heterocycles. The van der Waals surface area contributed by atoms with Gasteiger partial charge in [0, 0.05) is 36.8 Å². The lowest BCUT2D eigenvalue weighted by atomic mass is 10.1. The van der Waals surface area contributed by atoms with Crippen molar-refractivity contribution in [1.29, 1.82) is 0 Å². The summed E-state index contributed by atoms with van der Waals surface area (Å²) in [7, 11) is 0. The highest BCUT2D eigenvalue weighted by molar-refractivity contribution is 6.30. The molecule has 3 heterocycles. The van der Waals surface area contributed by atoms with Gasteiger partial charge in [0.05, 0.1) is 6.20 Å². The molecule has 4 rings (SSSR count). The molecule has 1 amide bonds. The van der Waals surface area contributed by atoms with E-state index in [1.165, 1.54) is 0 Å². The molecule has 3 aromatic rings. The van der Waals surface area contributed by atoms with E-state index >= 15 is 0 Å². The average molecular weight is 399 g/mol. The van der Waals surface area contributed by atoms with Crippen LogP contribution in [-0.2, 0) is 24.2 Å². The topological polar surface area (TPSA) is 64.2 Å². The smallest absolute Gasteiger partial charge is 0.243 e. The summed E-state index contributed by atoms with van der Waals surface area (Å²) in [6.45, 7) is 3.07. The summed E-state index contributed by atoms with van der Waals surface area (Å²) in [5, 5.41) is 0.704. The maximum absolute atomic E-state index is 12.9. The summed E-state index contributed by atoms with van der Waals surface area (Å²) < 4.78 is 7.92. The number of rotatable bonds is 6. The second kappa shape index (κ2) is 8.19. The van der Waals surface area contributed by atoms with Gasteiger partial charge < -0.3 is 13.9 Å². The number of halogens is 1. The molecule has 0 radical (unpaired) electrons. The molecular weight excluding hydrogens is 376 g/mol. The number of benzene rings is 1. The van der Waals surface area contributed by atoms with Gasteiger partial charge in [-0.3, -0.25) is 4.79 Å². The van der Waals surface area contributed by atoms with Crippen molar-refractivity contribution >= 4 is 17.5 Å². The van der Waals surface area contributed by atoms with Crippen LogP contribution in [0, 0.1) is 0 Å². The molecule has 0 spiro atoms. The first-order valence-electron chi connectivity index (χ1n) is 9.62. The predicted octanol–water partition coefficient (Wildman–Crippen LogP) is 4.04. The molecule has 1 atom stereocenters. The van der Waals surface area contributed by atoms with E-state index < -0.39 is 0 Å². The molecule has 1 aliphatic rings. The molecule has 1 saturated heterocycles. The summed E-state index contributed by atoms with van der Waals surface area (Å²) in [4.78, 5) is 23.5. The van der Waals surface area contributed by atoms with Crippen LogP contribution in [0.15, 0.2) is 47.3 Å². The highest BCUT2D eigenvalue weighted by atomic mass is 35.5. The lowest BCUT2D eigenvalue weighted by Gasteiger charge is -2.23. The SMILES string of the molecule is CCc1nccn1CC(=O)N1CCC[C@@H]1c1ncc(Cc2cccc(Cl)c2)o1. The molecule has 1 aromatic carbocycles. The highest BCUT2D eigenvalue weighted by Crippen LogP contribution is 2.32. The van der Waals surface area contributed by atoms with Gasteiger partial charge in [0.1, 0.15) is 24.2 Å². The second-order valence-corrected chi connectivity index (χ2v) is 7.48. The third kappa shape index (κ3) is 3.97. The van der Waals surface area contributed by atoms with E-state index in [1.54, 1.807) is 12.4 Å². The van der Waals surface area contributed by atoms with Crippen LogP contribution in [0.1, 0.15) is 48.8 Å². The number of likely N-dealkylation sites (tertiary alicyclic amines) is 1. The zero-order chi connectivity index (χ0) is 19.5. The summed E-state index contributed by atoms with van der Waals surface area (Å²) in [5.41, 5.74) is 1.07. The van der Waals surface area contributed by atoms with E-state index in [0.717, 1.165) is 43.0 Å². The second-order valence-electron chi connectivity index (χ2n) is 7.04. The van der Waals surface area contributed by atoms with Gasteiger partial charge in [-0.05, 0) is 30.5 Å². The zero-order valence-corrected chi connectivity index (χ0v) is 16.6. The number of hydrogen-bond acceptors (Lipinski definition) is 4. The Hall–Kier alpha value is -2.60. The number of hydrogen-bond donors (Lipinski definition) is 0. The summed E-state index contributed by atoms with van der Waals surface area (Å²) >= 11 is 6.06. The van der Waals surface area contributed by atoms with E-state index in [1.807, 2.05) is 46.9 Å². The molecule has 28 heavy (non-hydrogen) atoms. The maximum atomic E-state index is 12.9. The molecule has 0 unspecified atom stereocenters. The lowest BCUT2D eigenvalue weighted by molar-refractivity contribution is -0.133. The van der Waals surface area contributed by atoms with Crippen molar-refractivity contribution in [1.82, 2.24) is 19.4 Å². The van der Waals surface area contributed by atoms with Crippen LogP contribution in [0.4, 0.5) is 0 Å². The summed E-state index contributed by atoms with van der Waals surface area (Å²) in [6, 6.07) is 7.60. The molecule has 0 bridgehead atoms. The monoisotopic (exact) mass is 398 g/mol. The number of nitrogens with zero attached hydrogens (tertiary/aromatic N) is 4. The minimum Gasteiger partial charge on any atom is -0.443 e. The van der Waals surface area contributed by atoms with E-state index in [-0.39, 0.29) is 11.9 Å². The number of oxazole rings is 1. The number of aromatic nitrogens is 3. The third-order valence-electron chi connectivity index (χ3n) is 5.12. The first-order chi connectivity index (χ1) is 13.6. The Morgan fingerprint density at radius 2 is 2.25 bits per heavy atom. The maximum Gasteiger partial charge on any atom is 0.243 e. The van der Waals surface area contributed by atoms with Gasteiger partial charge in [0.15, 0.2) is 0 Å². The minimum atomic E-state index is -0.103. The van der Waals surface area contributed by atoms with Crippen molar-refractivity contribution in [3.8, 4) is 0 Å². The summed E-state index contributed by atoms with van der Waals surface area (Å²) in [5.74, 6) is 2.39. The first-order valence-corrected chi connectivity index (χ1v) is 10.0. The Kier molecular flexibility index (Phi) is 5.48. The van der Waals surface area contributed by atoms with Gasteiger partial charge in [0.2, 0.25) is 11.8 Å². The fourth-order valence-electron chi connectivity index (χ4n) is 3.76. The molecule has 0 aliphatic carbocycles. The quantitative estimate of drug-likeness (QED) is 0.628. The third-order valence-corrected chi connectivity index (χ3v) is 5.36. The van der Waals surface area contributed by atoms with Crippen LogP contribution in [0.25, 0.3) is 0 Å². The van der Waals surface area contributed by atoms with Crippen molar-refractivity contribution in [2.24, 2.45) is 0 Å². The minimum absolute atomic E-state index is 0.0739. The fraction of sp³-hybridized carbons (Fsp3) is 0.381. The molecule has 0 saturated carbocycles. The Morgan fingerprint density at radius 3 is 3.07 bits per heavy atom. The van der Waals surface area contributed by atoms with E-state index in [0.29, 0.717) is 23.9 Å². The van der Waals surface area contributed by atoms with Gasteiger partial charge in [-0.15, -0.1) is 0 Å². The molecule has 2 aromatic heterocycles. The number of amides is 1. The van der Waals surface area contributed by atoms with Gasteiger partial charge in [-0.2, -0.15) is 0 Å². The van der Waals surface area contributed by atoms with Crippen molar-refractivity contribution in [2.45, 2.75) is 45.2 Å². The van der Waals surface area contributed by atoms with E-state index in [4.69, 9.17) is 16.0 Å². The number of carbonyl (C=O) groups is 1. The van der Waals surface area contributed by atoms with Crippen LogP contribution >= 0.6 is 11.6 Å². The molecule has 146 valence electrons. The van der Waals surface area contributed by atoms with Crippen molar-refractivity contribution in [3.63, 3.8) is 0 Å². The van der Waals surface area contributed by atoms with E-state index in [9.17, 15) is 4.79 Å². The van der Waals surface area contributed by atoms with E-state index in [2.05, 4.69) is 9.97 Å². The zero-order valence-electron chi connectivity index (χ0n) is 15.8. The largest absolute Gasteiger partial charge is 0.443 e. The van der Waals surface area contributed by atoms with Gasteiger partial charge >= 0.3 is 0 Å². The predicted molar refractivity (Wildman–Crippen MR) is 106 cm³/mol. The van der Waals surface area contributed by atoms with Crippen LogP contribution < -0.4 is 0 Å². The van der Waals surface area contributed by atoms with Gasteiger partial charge in [-0.25, -0.2) is 9.97 Å². The molecule has 6 nitrogen and oxygen atoms in total. The van der Waals surface area contributed by atoms with Crippen LogP contribution in [0.5, 0.6) is 0 Å². The average Bonchev–Trinajstić information content (AvgIpc) is 3.41. The van der Waals surface area contributed by atoms with Crippen LogP contribution in [0.3, 0.4) is 0 Å². The lowest BCUT2D eigenvalue weighted by Crippen LogP contribution is -2.33. The van der Waals surface area contributed by atoms with Crippen LogP contribution in [-0.4, -0.2) is 31.9 Å². The Bertz CT molecular complexity index is 965.